The van der Waals surface area contributed by atoms with Gasteiger partial charge in [-0.15, -0.1) is 0 Å². The van der Waals surface area contributed by atoms with E-state index in [1.165, 1.54) is 23.5 Å². The van der Waals surface area contributed by atoms with Crippen LogP contribution in [0.5, 0.6) is 0 Å². The maximum absolute atomic E-state index is 12.9. The molecule has 0 N–H and O–H groups in total. The number of rotatable bonds is 1. The molecule has 1 aliphatic rings. The summed E-state index contributed by atoms with van der Waals surface area (Å²) >= 11 is 0. The highest BCUT2D eigenvalue weighted by molar-refractivity contribution is 5.22. The molecule has 1 aromatic heterocycles. The van der Waals surface area contributed by atoms with E-state index in [0.717, 1.165) is 12.1 Å². The fourth-order valence-corrected chi connectivity index (χ4v) is 2.29. The van der Waals surface area contributed by atoms with Crippen LogP contribution in [0, 0.1) is 12.7 Å². The SMILES string of the molecule is Cc1ccc2n1CC(c1ccc(F)cc1)OC2. The van der Waals surface area contributed by atoms with E-state index in [-0.39, 0.29) is 11.9 Å². The first-order chi connectivity index (χ1) is 8.24. The van der Waals surface area contributed by atoms with E-state index in [1.807, 2.05) is 0 Å². The summed E-state index contributed by atoms with van der Waals surface area (Å²) < 4.78 is 20.9. The van der Waals surface area contributed by atoms with Gasteiger partial charge in [-0.1, -0.05) is 12.1 Å². The van der Waals surface area contributed by atoms with Gasteiger partial charge in [0.25, 0.3) is 0 Å². The van der Waals surface area contributed by atoms with Crippen LogP contribution in [0.4, 0.5) is 4.39 Å². The van der Waals surface area contributed by atoms with Crippen molar-refractivity contribution in [3.63, 3.8) is 0 Å². The molecule has 2 heterocycles. The topological polar surface area (TPSA) is 14.2 Å². The second-order valence-electron chi connectivity index (χ2n) is 4.43. The first kappa shape index (κ1) is 10.5. The lowest BCUT2D eigenvalue weighted by atomic mass is 10.1. The maximum atomic E-state index is 12.9. The highest BCUT2D eigenvalue weighted by Crippen LogP contribution is 2.28. The van der Waals surface area contributed by atoms with Gasteiger partial charge in [0.1, 0.15) is 11.9 Å². The van der Waals surface area contributed by atoms with Crippen LogP contribution in [0.3, 0.4) is 0 Å². The zero-order valence-electron chi connectivity index (χ0n) is 9.69. The molecule has 0 radical (unpaired) electrons. The minimum Gasteiger partial charge on any atom is -0.365 e. The van der Waals surface area contributed by atoms with E-state index >= 15 is 0 Å². The largest absolute Gasteiger partial charge is 0.365 e. The highest BCUT2D eigenvalue weighted by Gasteiger charge is 2.21. The van der Waals surface area contributed by atoms with Gasteiger partial charge in [-0.2, -0.15) is 0 Å². The summed E-state index contributed by atoms with van der Waals surface area (Å²) in [5, 5.41) is 0. The van der Waals surface area contributed by atoms with Gasteiger partial charge < -0.3 is 9.30 Å². The van der Waals surface area contributed by atoms with Crippen LogP contribution in [0.2, 0.25) is 0 Å². The van der Waals surface area contributed by atoms with Gasteiger partial charge in [-0.25, -0.2) is 4.39 Å². The third-order valence-electron chi connectivity index (χ3n) is 3.31. The zero-order valence-corrected chi connectivity index (χ0v) is 9.69. The summed E-state index contributed by atoms with van der Waals surface area (Å²) in [6, 6.07) is 10.8. The lowest BCUT2D eigenvalue weighted by molar-refractivity contribution is 0.00244. The number of fused-ring (bicyclic) bond motifs is 1. The minimum absolute atomic E-state index is 0.0224. The third kappa shape index (κ3) is 1.87. The van der Waals surface area contributed by atoms with Crippen LogP contribution in [0.25, 0.3) is 0 Å². The normalized spacial score (nSPS) is 19.1. The van der Waals surface area contributed by atoms with Crippen molar-refractivity contribution in [2.45, 2.75) is 26.2 Å². The molecule has 0 aliphatic carbocycles. The molecule has 1 aromatic carbocycles. The zero-order chi connectivity index (χ0) is 11.8. The number of hydrogen-bond donors (Lipinski definition) is 0. The molecule has 0 spiro atoms. The monoisotopic (exact) mass is 231 g/mol. The molecular formula is C14H14FNO. The molecule has 0 bridgehead atoms. The van der Waals surface area contributed by atoms with Crippen LogP contribution < -0.4 is 0 Å². The van der Waals surface area contributed by atoms with Gasteiger partial charge in [0.15, 0.2) is 0 Å². The fourth-order valence-electron chi connectivity index (χ4n) is 2.29. The first-order valence-electron chi connectivity index (χ1n) is 5.76. The number of ether oxygens (including phenoxy) is 1. The summed E-state index contributed by atoms with van der Waals surface area (Å²) in [4.78, 5) is 0. The highest BCUT2D eigenvalue weighted by atomic mass is 19.1. The van der Waals surface area contributed by atoms with Crippen molar-refractivity contribution in [1.82, 2.24) is 4.57 Å². The van der Waals surface area contributed by atoms with E-state index in [1.54, 1.807) is 12.1 Å². The Balaban J connectivity index is 1.88. The molecule has 1 atom stereocenters. The summed E-state index contributed by atoms with van der Waals surface area (Å²) in [6.45, 7) is 3.52. The predicted octanol–water partition coefficient (Wildman–Crippen LogP) is 3.21. The van der Waals surface area contributed by atoms with E-state index in [2.05, 4.69) is 23.6 Å². The van der Waals surface area contributed by atoms with Crippen molar-refractivity contribution in [3.05, 3.63) is 59.2 Å². The van der Waals surface area contributed by atoms with Crippen molar-refractivity contribution >= 4 is 0 Å². The van der Waals surface area contributed by atoms with Crippen LogP contribution in [0.15, 0.2) is 36.4 Å². The van der Waals surface area contributed by atoms with Gasteiger partial charge in [-0.3, -0.25) is 0 Å². The quantitative estimate of drug-likeness (QED) is 0.735. The van der Waals surface area contributed by atoms with E-state index in [4.69, 9.17) is 4.74 Å². The summed E-state index contributed by atoms with van der Waals surface area (Å²) in [7, 11) is 0. The van der Waals surface area contributed by atoms with E-state index in [9.17, 15) is 4.39 Å². The smallest absolute Gasteiger partial charge is 0.123 e. The molecule has 88 valence electrons. The standard InChI is InChI=1S/C14H14FNO/c1-10-2-7-13-9-17-14(8-16(10)13)11-3-5-12(15)6-4-11/h2-7,14H,8-9H2,1H3. The molecule has 2 aromatic rings. The molecule has 3 rings (SSSR count). The Morgan fingerprint density at radius 2 is 1.94 bits per heavy atom. The Labute approximate surface area is 99.6 Å². The number of benzene rings is 1. The molecule has 1 unspecified atom stereocenters. The van der Waals surface area contributed by atoms with E-state index < -0.39 is 0 Å². The molecule has 0 fully saturated rings. The molecule has 1 aliphatic heterocycles. The van der Waals surface area contributed by atoms with Crippen molar-refractivity contribution in [1.29, 1.82) is 0 Å². The maximum Gasteiger partial charge on any atom is 0.123 e. The number of nitrogens with zero attached hydrogens (tertiary/aromatic N) is 1. The summed E-state index contributed by atoms with van der Waals surface area (Å²) in [5.74, 6) is -0.206. The predicted molar refractivity (Wildman–Crippen MR) is 63.1 cm³/mol. The van der Waals surface area contributed by atoms with Gasteiger partial charge >= 0.3 is 0 Å². The van der Waals surface area contributed by atoms with Gasteiger partial charge in [0, 0.05) is 11.4 Å². The summed E-state index contributed by atoms with van der Waals surface area (Å²) in [5.41, 5.74) is 3.49. The lowest BCUT2D eigenvalue weighted by Crippen LogP contribution is -2.21. The molecule has 0 saturated heterocycles. The Morgan fingerprint density at radius 1 is 1.18 bits per heavy atom. The van der Waals surface area contributed by atoms with Gasteiger partial charge in [0.2, 0.25) is 0 Å². The Morgan fingerprint density at radius 3 is 2.71 bits per heavy atom. The van der Waals surface area contributed by atoms with E-state index in [0.29, 0.717) is 6.61 Å². The molecule has 0 saturated carbocycles. The van der Waals surface area contributed by atoms with Crippen LogP contribution in [-0.4, -0.2) is 4.57 Å². The van der Waals surface area contributed by atoms with Gasteiger partial charge in [0.05, 0.1) is 13.2 Å². The molecule has 0 amide bonds. The summed E-state index contributed by atoms with van der Waals surface area (Å²) in [6.07, 6.45) is 0.0224. The fraction of sp³-hybridized carbons (Fsp3) is 0.286. The molecule has 3 heteroatoms. The molecule has 2 nitrogen and oxygen atoms in total. The molecular weight excluding hydrogens is 217 g/mol. The van der Waals surface area contributed by atoms with Crippen LogP contribution in [0.1, 0.15) is 23.1 Å². The number of aryl methyl sites for hydroxylation is 1. The molecule has 17 heavy (non-hydrogen) atoms. The Hall–Kier alpha value is -1.61. The van der Waals surface area contributed by atoms with Crippen molar-refractivity contribution in [2.24, 2.45) is 0 Å². The third-order valence-corrected chi connectivity index (χ3v) is 3.31. The van der Waals surface area contributed by atoms with Crippen LogP contribution in [-0.2, 0) is 17.9 Å². The average molecular weight is 231 g/mol. The first-order valence-corrected chi connectivity index (χ1v) is 5.76. The Bertz CT molecular complexity index is 530. The number of hydrogen-bond acceptors (Lipinski definition) is 1. The average Bonchev–Trinajstić information content (AvgIpc) is 2.72. The second kappa shape index (κ2) is 4.00. The van der Waals surface area contributed by atoms with Crippen molar-refractivity contribution < 1.29 is 9.13 Å². The van der Waals surface area contributed by atoms with Crippen molar-refractivity contribution in [3.8, 4) is 0 Å². The second-order valence-corrected chi connectivity index (χ2v) is 4.43. The Kier molecular flexibility index (Phi) is 2.48. The number of aromatic nitrogens is 1. The minimum atomic E-state index is -0.206. The van der Waals surface area contributed by atoms with Crippen LogP contribution >= 0.6 is 0 Å². The lowest BCUT2D eigenvalue weighted by Gasteiger charge is -2.26. The van der Waals surface area contributed by atoms with Crippen molar-refractivity contribution in [2.75, 3.05) is 0 Å². The number of halogens is 1. The van der Waals surface area contributed by atoms with Gasteiger partial charge in [-0.05, 0) is 36.8 Å².